The van der Waals surface area contributed by atoms with Crippen LogP contribution in [0.3, 0.4) is 0 Å². The fourth-order valence-corrected chi connectivity index (χ4v) is 3.91. The van der Waals surface area contributed by atoms with Crippen LogP contribution in [0.2, 0.25) is 0 Å². The Morgan fingerprint density at radius 2 is 1.97 bits per heavy atom. The summed E-state index contributed by atoms with van der Waals surface area (Å²) in [6.45, 7) is 5.60. The fourth-order valence-electron chi connectivity index (χ4n) is 3.31. The third-order valence-electron chi connectivity index (χ3n) is 5.00. The van der Waals surface area contributed by atoms with E-state index in [1.165, 1.54) is 0 Å². The van der Waals surface area contributed by atoms with E-state index >= 15 is 0 Å². The second-order valence-electron chi connectivity index (χ2n) is 8.58. The lowest BCUT2D eigenvalue weighted by molar-refractivity contribution is -0.00937. The molecule has 0 aromatic carbocycles. The topological polar surface area (TPSA) is 86.8 Å². The van der Waals surface area contributed by atoms with Crippen LogP contribution in [0.4, 0.5) is 4.79 Å². The van der Waals surface area contributed by atoms with Crippen LogP contribution in [0.1, 0.15) is 33.6 Å². The Kier molecular flexibility index (Phi) is 5.37. The highest BCUT2D eigenvalue weighted by atomic mass is 127. The van der Waals surface area contributed by atoms with E-state index in [1.807, 2.05) is 40.2 Å². The Morgan fingerprint density at radius 1 is 1.23 bits per heavy atom. The third-order valence-corrected chi connectivity index (χ3v) is 5.79. The summed E-state index contributed by atoms with van der Waals surface area (Å²) in [6, 6.07) is 0.0892. The molecule has 0 aliphatic heterocycles. The maximum absolute atomic E-state index is 12.3. The summed E-state index contributed by atoms with van der Waals surface area (Å²) in [6.07, 6.45) is 8.46. The molecule has 3 heterocycles. The maximum atomic E-state index is 12.3. The normalized spacial score (nSPS) is 18.9. The van der Waals surface area contributed by atoms with Crippen molar-refractivity contribution in [2.45, 2.75) is 51.4 Å². The summed E-state index contributed by atoms with van der Waals surface area (Å²) in [5, 5.41) is 8.64. The molecule has 160 valence electrons. The molecule has 0 bridgehead atoms. The Labute approximate surface area is 188 Å². The predicted molar refractivity (Wildman–Crippen MR) is 119 cm³/mol. The molecule has 1 saturated carbocycles. The first-order valence-electron chi connectivity index (χ1n) is 9.76. The summed E-state index contributed by atoms with van der Waals surface area (Å²) in [5.74, 6) is 0.543. The summed E-state index contributed by atoms with van der Waals surface area (Å²) in [4.78, 5) is 18.7. The van der Waals surface area contributed by atoms with Crippen LogP contribution in [0.5, 0.6) is 5.88 Å². The van der Waals surface area contributed by atoms with E-state index < -0.39 is 5.60 Å². The molecule has 0 atom stereocenters. The minimum absolute atomic E-state index is 0.0222. The number of aromatic nitrogens is 5. The van der Waals surface area contributed by atoms with Crippen LogP contribution in [0, 0.1) is 3.57 Å². The van der Waals surface area contributed by atoms with Gasteiger partial charge in [0.15, 0.2) is 0 Å². The van der Waals surface area contributed by atoms with Gasteiger partial charge in [-0.25, -0.2) is 14.3 Å². The van der Waals surface area contributed by atoms with E-state index in [-0.39, 0.29) is 18.2 Å². The Bertz CT molecular complexity index is 1080. The average Bonchev–Trinajstić information content (AvgIpc) is 3.21. The van der Waals surface area contributed by atoms with E-state index in [0.29, 0.717) is 5.88 Å². The average molecular weight is 524 g/mol. The number of ether oxygens (including phenoxy) is 2. The zero-order valence-corrected chi connectivity index (χ0v) is 19.8. The number of hydrogen-bond donors (Lipinski definition) is 0. The predicted octanol–water partition coefficient (Wildman–Crippen LogP) is 3.51. The highest BCUT2D eigenvalue weighted by Gasteiger charge is 2.38. The fraction of sp³-hybridized carbons (Fsp3) is 0.500. The zero-order chi connectivity index (χ0) is 21.6. The molecule has 0 saturated heterocycles. The number of nitrogens with zero attached hydrogens (tertiary/aromatic N) is 6. The number of aryl methyl sites for hydroxylation is 1. The second-order valence-corrected chi connectivity index (χ2v) is 9.74. The SMILES string of the molecule is CN(C(=O)OC(C)(C)C)C1CC(Oc2nc(-c3cnn(C)c3)cn3ncc(I)c23)C1. The zero-order valence-electron chi connectivity index (χ0n) is 17.7. The van der Waals surface area contributed by atoms with Crippen molar-refractivity contribution in [1.29, 1.82) is 0 Å². The molecule has 1 fully saturated rings. The van der Waals surface area contributed by atoms with E-state index in [1.54, 1.807) is 33.5 Å². The number of carbonyl (C=O) groups is 1. The van der Waals surface area contributed by atoms with Gasteiger partial charge in [0.2, 0.25) is 5.88 Å². The molecule has 0 radical (unpaired) electrons. The van der Waals surface area contributed by atoms with Crippen molar-refractivity contribution in [3.8, 4) is 17.1 Å². The second kappa shape index (κ2) is 7.71. The monoisotopic (exact) mass is 524 g/mol. The number of carbonyl (C=O) groups excluding carboxylic acids is 1. The molecule has 0 spiro atoms. The van der Waals surface area contributed by atoms with Crippen molar-refractivity contribution in [2.75, 3.05) is 7.05 Å². The van der Waals surface area contributed by atoms with Gasteiger partial charge < -0.3 is 14.4 Å². The van der Waals surface area contributed by atoms with Gasteiger partial charge >= 0.3 is 6.09 Å². The highest BCUT2D eigenvalue weighted by molar-refractivity contribution is 14.1. The lowest BCUT2D eigenvalue weighted by Crippen LogP contribution is -2.51. The number of hydrogen-bond acceptors (Lipinski definition) is 6. The van der Waals surface area contributed by atoms with Gasteiger partial charge in [0, 0.05) is 44.7 Å². The van der Waals surface area contributed by atoms with E-state index in [4.69, 9.17) is 14.5 Å². The van der Waals surface area contributed by atoms with Gasteiger partial charge in [0.25, 0.3) is 0 Å². The van der Waals surface area contributed by atoms with Gasteiger partial charge in [-0.15, -0.1) is 0 Å². The van der Waals surface area contributed by atoms with Crippen molar-refractivity contribution < 1.29 is 14.3 Å². The number of amides is 1. The molecule has 4 rings (SSSR count). The molecule has 3 aromatic heterocycles. The molecule has 0 N–H and O–H groups in total. The van der Waals surface area contributed by atoms with E-state index in [0.717, 1.165) is 33.2 Å². The van der Waals surface area contributed by atoms with Crippen LogP contribution < -0.4 is 4.74 Å². The molecule has 0 unspecified atom stereocenters. The summed E-state index contributed by atoms with van der Waals surface area (Å²) >= 11 is 2.23. The molecular formula is C20H25IN6O3. The molecule has 3 aromatic rings. The van der Waals surface area contributed by atoms with Crippen molar-refractivity contribution in [3.63, 3.8) is 0 Å². The summed E-state index contributed by atoms with van der Waals surface area (Å²) in [7, 11) is 3.64. The molecule has 1 amide bonds. The minimum atomic E-state index is -0.508. The first-order valence-corrected chi connectivity index (χ1v) is 10.8. The van der Waals surface area contributed by atoms with Crippen LogP contribution in [0.25, 0.3) is 16.8 Å². The Hall–Kier alpha value is -2.37. The van der Waals surface area contributed by atoms with Crippen molar-refractivity contribution in [2.24, 2.45) is 7.05 Å². The largest absolute Gasteiger partial charge is 0.473 e. The van der Waals surface area contributed by atoms with Gasteiger partial charge in [-0.3, -0.25) is 4.68 Å². The molecule has 1 aliphatic rings. The first-order chi connectivity index (χ1) is 14.1. The maximum Gasteiger partial charge on any atom is 0.410 e. The van der Waals surface area contributed by atoms with Gasteiger partial charge in [0.1, 0.15) is 17.2 Å². The molecule has 30 heavy (non-hydrogen) atoms. The Balaban J connectivity index is 1.50. The lowest BCUT2D eigenvalue weighted by Gasteiger charge is -2.40. The molecule has 1 aliphatic carbocycles. The Morgan fingerprint density at radius 3 is 2.60 bits per heavy atom. The quantitative estimate of drug-likeness (QED) is 0.486. The van der Waals surface area contributed by atoms with Crippen molar-refractivity contribution in [3.05, 3.63) is 28.4 Å². The van der Waals surface area contributed by atoms with Gasteiger partial charge in [-0.05, 0) is 43.4 Å². The number of rotatable bonds is 4. The smallest absolute Gasteiger partial charge is 0.410 e. The van der Waals surface area contributed by atoms with Crippen LogP contribution in [0.15, 0.2) is 24.8 Å². The van der Waals surface area contributed by atoms with Crippen molar-refractivity contribution >= 4 is 34.2 Å². The van der Waals surface area contributed by atoms with Crippen LogP contribution in [-0.2, 0) is 11.8 Å². The molecular weight excluding hydrogens is 499 g/mol. The molecule has 10 heteroatoms. The number of halogens is 1. The van der Waals surface area contributed by atoms with Crippen molar-refractivity contribution in [1.82, 2.24) is 29.3 Å². The first kappa shape index (κ1) is 20.9. The minimum Gasteiger partial charge on any atom is -0.473 e. The standard InChI is InChI=1S/C20H25IN6O3/c1-20(2,3)30-19(28)26(5)13-6-14(7-13)29-18-17-15(21)9-23-27(17)11-16(24-18)12-8-22-25(4)10-12/h8-11,13-14H,6-7H2,1-5H3. The summed E-state index contributed by atoms with van der Waals surface area (Å²) in [5.41, 5.74) is 1.97. The van der Waals surface area contributed by atoms with Crippen LogP contribution >= 0.6 is 22.6 Å². The lowest BCUT2D eigenvalue weighted by atomic mass is 9.88. The van der Waals surface area contributed by atoms with Gasteiger partial charge in [-0.1, -0.05) is 0 Å². The number of fused-ring (bicyclic) bond motifs is 1. The van der Waals surface area contributed by atoms with Gasteiger partial charge in [-0.2, -0.15) is 10.2 Å². The summed E-state index contributed by atoms with van der Waals surface area (Å²) < 4.78 is 16.2. The van der Waals surface area contributed by atoms with E-state index in [9.17, 15) is 4.79 Å². The van der Waals surface area contributed by atoms with Crippen LogP contribution in [-0.4, -0.2) is 60.2 Å². The van der Waals surface area contributed by atoms with E-state index in [2.05, 4.69) is 32.8 Å². The third kappa shape index (κ3) is 4.23. The molecule has 9 nitrogen and oxygen atoms in total. The highest BCUT2D eigenvalue weighted by Crippen LogP contribution is 2.33. The van der Waals surface area contributed by atoms with Gasteiger partial charge in [0.05, 0.1) is 27.9 Å².